The maximum absolute atomic E-state index is 12.7. The lowest BCUT2D eigenvalue weighted by Gasteiger charge is -2.25. The maximum atomic E-state index is 12.7. The van der Waals surface area contributed by atoms with Crippen LogP contribution in [0.5, 0.6) is 5.75 Å². The highest BCUT2D eigenvalue weighted by Crippen LogP contribution is 2.29. The van der Waals surface area contributed by atoms with Gasteiger partial charge in [-0.3, -0.25) is 4.79 Å². The minimum atomic E-state index is -1.15. The Morgan fingerprint density at radius 3 is 2.42 bits per heavy atom. The smallest absolute Gasteiger partial charge is 0.375 e. The number of para-hydroxylation sites is 1. The monoisotopic (exact) mass is 331 g/mol. The summed E-state index contributed by atoms with van der Waals surface area (Å²) in [7, 11) is 1.49. The molecule has 0 bridgehead atoms. The Morgan fingerprint density at radius 1 is 1.12 bits per heavy atom. The molecular weight excluding hydrogens is 310 g/mol. The first-order valence-electron chi connectivity index (χ1n) is 7.51. The Hall–Kier alpha value is -2.76. The number of furan rings is 1. The summed E-state index contributed by atoms with van der Waals surface area (Å²) in [6.07, 6.45) is 0.210. The number of hydrogen-bond donors (Lipinski definition) is 1. The molecule has 6 nitrogen and oxygen atoms in total. The zero-order valence-corrected chi connectivity index (χ0v) is 14.2. The van der Waals surface area contributed by atoms with Crippen LogP contribution in [-0.2, 0) is 9.53 Å². The van der Waals surface area contributed by atoms with E-state index in [9.17, 15) is 9.59 Å². The first-order chi connectivity index (χ1) is 11.3. The van der Waals surface area contributed by atoms with Crippen molar-refractivity contribution < 1.29 is 23.5 Å². The lowest BCUT2D eigenvalue weighted by atomic mass is 10.0. The average molecular weight is 331 g/mol. The fraction of sp³-hybridized carbons (Fsp3) is 0.333. The molecule has 6 heteroatoms. The normalized spacial score (nSPS) is 12.3. The van der Waals surface area contributed by atoms with Crippen LogP contribution in [0.2, 0.25) is 0 Å². The number of methoxy groups -OCH3 is 1. The second-order valence-corrected chi connectivity index (χ2v) is 6.24. The van der Waals surface area contributed by atoms with Crippen LogP contribution in [0.25, 0.3) is 0 Å². The van der Waals surface area contributed by atoms with Gasteiger partial charge in [-0.25, -0.2) is 4.79 Å². The number of rotatable bonds is 5. The standard InChI is InChI=1S/C18H21NO5/c1-18(2,3)19-16(20)15(12-8-5-6-9-13(12)22-4)24-17(21)14-10-7-11-23-14/h5-11,15H,1-4H3,(H,19,20)/t15-/m0/s1. The van der Waals surface area contributed by atoms with Crippen molar-refractivity contribution in [1.82, 2.24) is 5.32 Å². The van der Waals surface area contributed by atoms with Gasteiger partial charge in [-0.2, -0.15) is 0 Å². The highest BCUT2D eigenvalue weighted by Gasteiger charge is 2.31. The van der Waals surface area contributed by atoms with Gasteiger partial charge in [0.05, 0.1) is 13.4 Å². The third-order valence-electron chi connectivity index (χ3n) is 3.10. The Bertz CT molecular complexity index is 700. The van der Waals surface area contributed by atoms with Crippen LogP contribution in [0.3, 0.4) is 0 Å². The Morgan fingerprint density at radius 2 is 1.83 bits per heavy atom. The summed E-state index contributed by atoms with van der Waals surface area (Å²) in [5.41, 5.74) is -0.0179. The molecule has 0 spiro atoms. The van der Waals surface area contributed by atoms with Gasteiger partial charge in [-0.15, -0.1) is 0 Å². The molecule has 0 aliphatic rings. The molecule has 1 heterocycles. The van der Waals surface area contributed by atoms with Gasteiger partial charge < -0.3 is 19.2 Å². The van der Waals surface area contributed by atoms with Gasteiger partial charge in [0.2, 0.25) is 11.9 Å². The first kappa shape index (κ1) is 17.6. The van der Waals surface area contributed by atoms with E-state index in [-0.39, 0.29) is 5.76 Å². The van der Waals surface area contributed by atoms with Crippen LogP contribution < -0.4 is 10.1 Å². The fourth-order valence-corrected chi connectivity index (χ4v) is 2.14. The van der Waals surface area contributed by atoms with E-state index in [1.54, 1.807) is 30.3 Å². The molecule has 1 atom stereocenters. The van der Waals surface area contributed by atoms with Gasteiger partial charge in [-0.1, -0.05) is 18.2 Å². The molecule has 0 saturated carbocycles. The maximum Gasteiger partial charge on any atom is 0.375 e. The van der Waals surface area contributed by atoms with Crippen LogP contribution in [-0.4, -0.2) is 24.5 Å². The Labute approximate surface area is 140 Å². The van der Waals surface area contributed by atoms with Crippen molar-refractivity contribution in [3.63, 3.8) is 0 Å². The first-order valence-corrected chi connectivity index (χ1v) is 7.51. The summed E-state index contributed by atoms with van der Waals surface area (Å²) in [6, 6.07) is 9.95. The molecule has 2 aromatic rings. The molecular formula is C18H21NO5. The van der Waals surface area contributed by atoms with E-state index >= 15 is 0 Å². The summed E-state index contributed by atoms with van der Waals surface area (Å²) in [4.78, 5) is 24.9. The van der Waals surface area contributed by atoms with Crippen LogP contribution >= 0.6 is 0 Å². The minimum absolute atomic E-state index is 0.0263. The second-order valence-electron chi connectivity index (χ2n) is 6.24. The number of ether oxygens (including phenoxy) is 2. The van der Waals surface area contributed by atoms with Gasteiger partial charge in [-0.05, 0) is 39.0 Å². The predicted molar refractivity (Wildman–Crippen MR) is 87.8 cm³/mol. The summed E-state index contributed by atoms with van der Waals surface area (Å²) in [6.45, 7) is 5.54. The topological polar surface area (TPSA) is 77.8 Å². The van der Waals surface area contributed by atoms with Crippen LogP contribution in [0.1, 0.15) is 43.0 Å². The number of carbonyl (C=O) groups excluding carboxylic acids is 2. The van der Waals surface area contributed by atoms with Gasteiger partial charge in [0, 0.05) is 11.1 Å². The number of hydrogen-bond acceptors (Lipinski definition) is 5. The van der Waals surface area contributed by atoms with Crippen molar-refractivity contribution in [1.29, 1.82) is 0 Å². The molecule has 1 aromatic heterocycles. The van der Waals surface area contributed by atoms with E-state index in [1.807, 2.05) is 20.8 Å². The third kappa shape index (κ3) is 4.38. The molecule has 2 rings (SSSR count). The Balaban J connectivity index is 2.34. The number of esters is 1. The van der Waals surface area contributed by atoms with Gasteiger partial charge in [0.15, 0.2) is 0 Å². The Kier molecular flexibility index (Phi) is 5.28. The number of benzene rings is 1. The van der Waals surface area contributed by atoms with E-state index in [2.05, 4.69) is 5.32 Å². The number of amides is 1. The van der Waals surface area contributed by atoms with Crippen molar-refractivity contribution >= 4 is 11.9 Å². The van der Waals surface area contributed by atoms with Gasteiger partial charge in [0.1, 0.15) is 5.75 Å². The molecule has 128 valence electrons. The highest BCUT2D eigenvalue weighted by molar-refractivity contribution is 5.91. The minimum Gasteiger partial charge on any atom is -0.496 e. The van der Waals surface area contributed by atoms with Gasteiger partial charge in [0.25, 0.3) is 5.91 Å². The summed E-state index contributed by atoms with van der Waals surface area (Å²) in [5.74, 6) is -0.677. The fourth-order valence-electron chi connectivity index (χ4n) is 2.14. The van der Waals surface area contributed by atoms with E-state index in [4.69, 9.17) is 13.9 Å². The zero-order chi connectivity index (χ0) is 17.7. The molecule has 1 amide bonds. The van der Waals surface area contributed by atoms with Gasteiger partial charge >= 0.3 is 5.97 Å². The van der Waals surface area contributed by atoms with Crippen molar-refractivity contribution in [3.05, 3.63) is 54.0 Å². The lowest BCUT2D eigenvalue weighted by Crippen LogP contribution is -2.44. The molecule has 0 radical (unpaired) electrons. The number of nitrogens with one attached hydrogen (secondary N) is 1. The van der Waals surface area contributed by atoms with Crippen LogP contribution in [0, 0.1) is 0 Å². The molecule has 0 aliphatic heterocycles. The van der Waals surface area contributed by atoms with E-state index in [0.717, 1.165) is 0 Å². The largest absolute Gasteiger partial charge is 0.496 e. The molecule has 0 saturated heterocycles. The van der Waals surface area contributed by atoms with Crippen molar-refractivity contribution in [2.24, 2.45) is 0 Å². The van der Waals surface area contributed by atoms with Crippen LogP contribution in [0.4, 0.5) is 0 Å². The van der Waals surface area contributed by atoms with Crippen molar-refractivity contribution in [2.75, 3.05) is 7.11 Å². The third-order valence-corrected chi connectivity index (χ3v) is 3.10. The molecule has 1 aromatic carbocycles. The molecule has 1 N–H and O–H groups in total. The van der Waals surface area contributed by atoms with E-state index < -0.39 is 23.5 Å². The zero-order valence-electron chi connectivity index (χ0n) is 14.2. The van der Waals surface area contributed by atoms with E-state index in [1.165, 1.54) is 19.4 Å². The number of carbonyl (C=O) groups is 2. The summed E-state index contributed by atoms with van der Waals surface area (Å²) >= 11 is 0. The van der Waals surface area contributed by atoms with Crippen molar-refractivity contribution in [2.45, 2.75) is 32.4 Å². The summed E-state index contributed by atoms with van der Waals surface area (Å²) < 4.78 is 15.7. The highest BCUT2D eigenvalue weighted by atomic mass is 16.6. The lowest BCUT2D eigenvalue weighted by molar-refractivity contribution is -0.132. The molecule has 0 aliphatic carbocycles. The molecule has 0 unspecified atom stereocenters. The second kappa shape index (κ2) is 7.21. The quantitative estimate of drug-likeness (QED) is 0.852. The predicted octanol–water partition coefficient (Wildman–Crippen LogP) is 3.10. The SMILES string of the molecule is COc1ccccc1[C@H](OC(=O)c1ccco1)C(=O)NC(C)(C)C. The molecule has 0 fully saturated rings. The van der Waals surface area contributed by atoms with Crippen LogP contribution in [0.15, 0.2) is 47.1 Å². The summed E-state index contributed by atoms with van der Waals surface area (Å²) in [5, 5.41) is 2.82. The average Bonchev–Trinajstić information content (AvgIpc) is 3.05. The van der Waals surface area contributed by atoms with Crippen molar-refractivity contribution in [3.8, 4) is 5.75 Å². The van der Waals surface area contributed by atoms with E-state index in [0.29, 0.717) is 11.3 Å². The molecule has 24 heavy (non-hydrogen) atoms.